The van der Waals surface area contributed by atoms with E-state index in [4.69, 9.17) is 5.73 Å². The van der Waals surface area contributed by atoms with Crippen molar-refractivity contribution in [2.24, 2.45) is 0 Å². The van der Waals surface area contributed by atoms with Crippen molar-refractivity contribution in [2.75, 3.05) is 5.73 Å². The van der Waals surface area contributed by atoms with E-state index in [0.29, 0.717) is 10.6 Å². The molecule has 8 heteroatoms. The van der Waals surface area contributed by atoms with Crippen LogP contribution in [-0.4, -0.2) is 22.4 Å². The number of anilines is 1. The molecule has 5 aromatic rings. The number of aromatic nitrogens is 3. The van der Waals surface area contributed by atoms with Gasteiger partial charge in [0.2, 0.25) is 0 Å². The molecule has 4 aromatic heterocycles. The molecule has 4 heterocycles. The molecule has 0 atom stereocenters. The van der Waals surface area contributed by atoms with Crippen LogP contribution in [-0.2, 0) is 10.0 Å². The molecular formula is C22H16N4O2S2. The van der Waals surface area contributed by atoms with E-state index in [1.165, 1.54) is 15.3 Å². The minimum atomic E-state index is -3.81. The molecule has 2 N–H and O–H groups in total. The standard InChI is InChI=1S/C22H16N4O2S2/c23-20-12-18(21(29-20)15-6-4-10-24-13-15)19-14-26(22-17(19)9-5-11-25-22)30(27,28)16-7-2-1-3-8-16/h1-14H,23H2. The minimum Gasteiger partial charge on any atom is -0.391 e. The van der Waals surface area contributed by atoms with Crippen LogP contribution < -0.4 is 5.73 Å². The van der Waals surface area contributed by atoms with Gasteiger partial charge in [0, 0.05) is 51.7 Å². The third-order valence-corrected chi connectivity index (χ3v) is 7.47. The maximum absolute atomic E-state index is 13.3. The van der Waals surface area contributed by atoms with Gasteiger partial charge in [-0.2, -0.15) is 0 Å². The van der Waals surface area contributed by atoms with Crippen molar-refractivity contribution < 1.29 is 8.42 Å². The fourth-order valence-electron chi connectivity index (χ4n) is 3.46. The molecule has 0 spiro atoms. The summed E-state index contributed by atoms with van der Waals surface area (Å²) in [5, 5.41) is 1.37. The van der Waals surface area contributed by atoms with E-state index in [0.717, 1.165) is 27.0 Å². The highest BCUT2D eigenvalue weighted by Crippen LogP contribution is 2.43. The summed E-state index contributed by atoms with van der Waals surface area (Å²) in [6.45, 7) is 0. The van der Waals surface area contributed by atoms with Crippen molar-refractivity contribution in [1.29, 1.82) is 0 Å². The molecule has 148 valence electrons. The Bertz CT molecular complexity index is 1460. The van der Waals surface area contributed by atoms with E-state index in [2.05, 4.69) is 9.97 Å². The molecule has 0 aliphatic carbocycles. The van der Waals surface area contributed by atoms with Crippen molar-refractivity contribution in [3.8, 4) is 21.6 Å². The van der Waals surface area contributed by atoms with Crippen molar-refractivity contribution in [3.63, 3.8) is 0 Å². The molecule has 0 saturated heterocycles. The number of nitrogen functional groups attached to an aromatic ring is 1. The summed E-state index contributed by atoms with van der Waals surface area (Å²) in [5.41, 5.74) is 9.04. The van der Waals surface area contributed by atoms with Gasteiger partial charge in [0.05, 0.1) is 9.90 Å². The summed E-state index contributed by atoms with van der Waals surface area (Å²) in [7, 11) is -3.81. The van der Waals surface area contributed by atoms with Crippen LogP contribution in [0, 0.1) is 0 Å². The molecule has 0 aliphatic heterocycles. The Hall–Kier alpha value is -3.49. The number of nitrogens with zero attached hydrogens (tertiary/aromatic N) is 3. The first-order valence-corrected chi connectivity index (χ1v) is 11.4. The summed E-state index contributed by atoms with van der Waals surface area (Å²) in [6, 6.07) is 17.7. The SMILES string of the molecule is Nc1cc(-c2cn(S(=O)(=O)c3ccccc3)c3ncccc23)c(-c2cccnc2)s1. The van der Waals surface area contributed by atoms with Crippen LogP contribution in [0.1, 0.15) is 0 Å². The van der Waals surface area contributed by atoms with Crippen LogP contribution in [0.3, 0.4) is 0 Å². The first-order chi connectivity index (χ1) is 14.6. The highest BCUT2D eigenvalue weighted by Gasteiger charge is 2.24. The Labute approximate surface area is 177 Å². The van der Waals surface area contributed by atoms with Crippen LogP contribution in [0.5, 0.6) is 0 Å². The van der Waals surface area contributed by atoms with Gasteiger partial charge in [-0.15, -0.1) is 11.3 Å². The number of hydrogen-bond acceptors (Lipinski definition) is 6. The molecule has 0 aliphatic rings. The van der Waals surface area contributed by atoms with Gasteiger partial charge in [0.15, 0.2) is 5.65 Å². The molecule has 0 bridgehead atoms. The first kappa shape index (κ1) is 18.5. The number of rotatable bonds is 4. The van der Waals surface area contributed by atoms with E-state index in [1.807, 2.05) is 24.3 Å². The maximum atomic E-state index is 13.3. The highest BCUT2D eigenvalue weighted by atomic mass is 32.2. The minimum absolute atomic E-state index is 0.205. The second kappa shape index (κ2) is 7.08. The van der Waals surface area contributed by atoms with Crippen molar-refractivity contribution in [2.45, 2.75) is 4.90 Å². The Balaban J connectivity index is 1.78. The lowest BCUT2D eigenvalue weighted by Gasteiger charge is -2.06. The smallest absolute Gasteiger partial charge is 0.269 e. The zero-order valence-corrected chi connectivity index (χ0v) is 17.3. The Morgan fingerprint density at radius 3 is 2.50 bits per heavy atom. The van der Waals surface area contributed by atoms with Crippen LogP contribution in [0.2, 0.25) is 0 Å². The van der Waals surface area contributed by atoms with E-state index in [9.17, 15) is 8.42 Å². The van der Waals surface area contributed by atoms with Crippen molar-refractivity contribution in [3.05, 3.63) is 85.5 Å². The fraction of sp³-hybridized carbons (Fsp3) is 0. The molecule has 1 aromatic carbocycles. The van der Waals surface area contributed by atoms with Gasteiger partial charge < -0.3 is 5.73 Å². The number of hydrogen-bond donors (Lipinski definition) is 1. The molecule has 0 radical (unpaired) electrons. The van der Waals surface area contributed by atoms with Crippen molar-refractivity contribution in [1.82, 2.24) is 13.9 Å². The number of thiophene rings is 1. The van der Waals surface area contributed by atoms with Crippen molar-refractivity contribution >= 4 is 37.4 Å². The van der Waals surface area contributed by atoms with E-state index in [-0.39, 0.29) is 4.90 Å². The zero-order valence-electron chi connectivity index (χ0n) is 15.6. The topological polar surface area (TPSA) is 90.9 Å². The largest absolute Gasteiger partial charge is 0.391 e. The quantitative estimate of drug-likeness (QED) is 0.446. The Morgan fingerprint density at radius 2 is 1.73 bits per heavy atom. The fourth-order valence-corrected chi connectivity index (χ4v) is 5.73. The third-order valence-electron chi connectivity index (χ3n) is 4.80. The summed E-state index contributed by atoms with van der Waals surface area (Å²) in [6.07, 6.45) is 6.70. The summed E-state index contributed by atoms with van der Waals surface area (Å²) >= 11 is 1.44. The van der Waals surface area contributed by atoms with Crippen LogP contribution in [0.4, 0.5) is 5.00 Å². The second-order valence-corrected chi connectivity index (χ2v) is 9.56. The monoisotopic (exact) mass is 432 g/mol. The van der Waals surface area contributed by atoms with Gasteiger partial charge in [-0.1, -0.05) is 24.3 Å². The summed E-state index contributed by atoms with van der Waals surface area (Å²) in [4.78, 5) is 9.71. The first-order valence-electron chi connectivity index (χ1n) is 9.12. The summed E-state index contributed by atoms with van der Waals surface area (Å²) in [5.74, 6) is 0. The number of benzene rings is 1. The highest BCUT2D eigenvalue weighted by molar-refractivity contribution is 7.90. The van der Waals surface area contributed by atoms with Gasteiger partial charge in [0.1, 0.15) is 0 Å². The number of nitrogens with two attached hydrogens (primary N) is 1. The van der Waals surface area contributed by atoms with Gasteiger partial charge in [-0.25, -0.2) is 17.4 Å². The Kier molecular flexibility index (Phi) is 4.38. The molecular weight excluding hydrogens is 416 g/mol. The van der Waals surface area contributed by atoms with E-state index in [1.54, 1.807) is 61.2 Å². The van der Waals surface area contributed by atoms with E-state index < -0.39 is 10.0 Å². The summed E-state index contributed by atoms with van der Waals surface area (Å²) < 4.78 is 27.9. The lowest BCUT2D eigenvalue weighted by atomic mass is 10.0. The predicted octanol–water partition coefficient (Wildman–Crippen LogP) is 4.65. The van der Waals surface area contributed by atoms with Gasteiger partial charge >= 0.3 is 0 Å². The van der Waals surface area contributed by atoms with Crippen LogP contribution in [0.15, 0.2) is 90.3 Å². The normalized spacial score (nSPS) is 11.7. The number of fused-ring (bicyclic) bond motifs is 1. The zero-order chi connectivity index (χ0) is 20.7. The van der Waals surface area contributed by atoms with Gasteiger partial charge in [-0.05, 0) is 36.4 Å². The molecule has 30 heavy (non-hydrogen) atoms. The lowest BCUT2D eigenvalue weighted by molar-refractivity contribution is 0.589. The molecule has 0 amide bonds. The van der Waals surface area contributed by atoms with Gasteiger partial charge in [0.25, 0.3) is 10.0 Å². The average molecular weight is 433 g/mol. The molecule has 0 fully saturated rings. The maximum Gasteiger partial charge on any atom is 0.269 e. The lowest BCUT2D eigenvalue weighted by Crippen LogP contribution is -2.12. The molecule has 0 saturated carbocycles. The van der Waals surface area contributed by atoms with Crippen LogP contribution >= 0.6 is 11.3 Å². The second-order valence-electron chi connectivity index (χ2n) is 6.66. The molecule has 6 nitrogen and oxygen atoms in total. The predicted molar refractivity (Wildman–Crippen MR) is 120 cm³/mol. The third kappa shape index (κ3) is 2.97. The number of pyridine rings is 2. The van der Waals surface area contributed by atoms with Crippen LogP contribution in [0.25, 0.3) is 32.6 Å². The molecule has 5 rings (SSSR count). The Morgan fingerprint density at radius 1 is 0.933 bits per heavy atom. The van der Waals surface area contributed by atoms with E-state index >= 15 is 0 Å². The molecule has 0 unspecified atom stereocenters. The van der Waals surface area contributed by atoms with Gasteiger partial charge in [-0.3, -0.25) is 4.98 Å². The average Bonchev–Trinajstić information content (AvgIpc) is 3.36.